The summed E-state index contributed by atoms with van der Waals surface area (Å²) in [5.41, 5.74) is 2.61. The van der Waals surface area contributed by atoms with Crippen molar-refractivity contribution in [3.05, 3.63) is 35.4 Å². The van der Waals surface area contributed by atoms with E-state index in [1.807, 2.05) is 0 Å². The van der Waals surface area contributed by atoms with Gasteiger partial charge in [0.15, 0.2) is 5.96 Å². The SMILES string of the molecule is CCNC(=NCCc1cccc(C)c1)NC1CCN(C(=O)C2CCCC2)C1. The second kappa shape index (κ2) is 9.77. The molecule has 27 heavy (non-hydrogen) atoms. The first kappa shape index (κ1) is 19.7. The van der Waals surface area contributed by atoms with Crippen molar-refractivity contribution in [2.45, 2.75) is 58.4 Å². The molecule has 1 amide bonds. The number of carbonyl (C=O) groups excluding carboxylic acids is 1. The second-order valence-corrected chi connectivity index (χ2v) is 7.90. The highest BCUT2D eigenvalue weighted by Crippen LogP contribution is 2.27. The van der Waals surface area contributed by atoms with E-state index in [4.69, 9.17) is 4.99 Å². The average Bonchev–Trinajstić information content (AvgIpc) is 3.33. The highest BCUT2D eigenvalue weighted by molar-refractivity contribution is 5.81. The number of hydrogen-bond acceptors (Lipinski definition) is 2. The van der Waals surface area contributed by atoms with Gasteiger partial charge in [-0.15, -0.1) is 0 Å². The van der Waals surface area contributed by atoms with Crippen LogP contribution in [-0.2, 0) is 11.2 Å². The lowest BCUT2D eigenvalue weighted by molar-refractivity contribution is -0.134. The van der Waals surface area contributed by atoms with Crippen molar-refractivity contribution < 1.29 is 4.79 Å². The molecule has 0 bridgehead atoms. The van der Waals surface area contributed by atoms with Gasteiger partial charge in [-0.25, -0.2) is 0 Å². The average molecular weight is 371 g/mol. The molecule has 2 N–H and O–H groups in total. The van der Waals surface area contributed by atoms with Crippen LogP contribution in [0.15, 0.2) is 29.3 Å². The van der Waals surface area contributed by atoms with E-state index in [-0.39, 0.29) is 5.92 Å². The number of carbonyl (C=O) groups is 1. The van der Waals surface area contributed by atoms with E-state index >= 15 is 0 Å². The van der Waals surface area contributed by atoms with Gasteiger partial charge in [-0.05, 0) is 45.1 Å². The summed E-state index contributed by atoms with van der Waals surface area (Å²) < 4.78 is 0. The summed E-state index contributed by atoms with van der Waals surface area (Å²) in [5.74, 6) is 1.52. The molecule has 5 nitrogen and oxygen atoms in total. The molecule has 1 atom stereocenters. The highest BCUT2D eigenvalue weighted by atomic mass is 16.2. The lowest BCUT2D eigenvalue weighted by Gasteiger charge is -2.21. The molecular formula is C22H34N4O. The van der Waals surface area contributed by atoms with E-state index in [0.717, 1.165) is 57.8 Å². The Kier molecular flexibility index (Phi) is 7.13. The maximum Gasteiger partial charge on any atom is 0.225 e. The number of rotatable bonds is 6. The third-order valence-electron chi connectivity index (χ3n) is 5.64. The largest absolute Gasteiger partial charge is 0.357 e. The van der Waals surface area contributed by atoms with Crippen molar-refractivity contribution in [1.82, 2.24) is 15.5 Å². The molecule has 1 aliphatic carbocycles. The molecule has 1 aromatic rings. The minimum atomic E-state index is 0.278. The molecule has 0 aromatic heterocycles. The van der Waals surface area contributed by atoms with Crippen LogP contribution in [0.2, 0.25) is 0 Å². The van der Waals surface area contributed by atoms with Gasteiger partial charge in [0, 0.05) is 38.1 Å². The Labute approximate surface area is 163 Å². The van der Waals surface area contributed by atoms with E-state index in [0.29, 0.717) is 11.9 Å². The van der Waals surface area contributed by atoms with E-state index < -0.39 is 0 Å². The number of benzene rings is 1. The molecule has 1 saturated carbocycles. The number of guanidine groups is 1. The van der Waals surface area contributed by atoms with Crippen molar-refractivity contribution in [2.75, 3.05) is 26.2 Å². The monoisotopic (exact) mass is 370 g/mol. The van der Waals surface area contributed by atoms with E-state index in [1.165, 1.54) is 24.0 Å². The summed E-state index contributed by atoms with van der Waals surface area (Å²) in [6.07, 6.45) is 6.52. The Morgan fingerprint density at radius 1 is 1.26 bits per heavy atom. The first-order valence-corrected chi connectivity index (χ1v) is 10.5. The number of likely N-dealkylation sites (tertiary alicyclic amines) is 1. The van der Waals surface area contributed by atoms with Crippen LogP contribution in [0.5, 0.6) is 0 Å². The molecular weight excluding hydrogens is 336 g/mol. The zero-order chi connectivity index (χ0) is 19.1. The molecule has 1 unspecified atom stereocenters. The number of amides is 1. The van der Waals surface area contributed by atoms with Crippen LogP contribution >= 0.6 is 0 Å². The Morgan fingerprint density at radius 3 is 2.81 bits per heavy atom. The number of nitrogens with one attached hydrogen (secondary N) is 2. The predicted octanol–water partition coefficient (Wildman–Crippen LogP) is 2.88. The topological polar surface area (TPSA) is 56.7 Å². The molecule has 2 aliphatic rings. The Morgan fingerprint density at radius 2 is 2.07 bits per heavy atom. The lowest BCUT2D eigenvalue weighted by Crippen LogP contribution is -2.45. The Bertz CT molecular complexity index is 651. The molecule has 1 saturated heterocycles. The molecule has 0 spiro atoms. The molecule has 3 rings (SSSR count). The van der Waals surface area contributed by atoms with Gasteiger partial charge >= 0.3 is 0 Å². The van der Waals surface area contributed by atoms with E-state index in [1.54, 1.807) is 0 Å². The molecule has 1 heterocycles. The molecule has 148 valence electrons. The Hall–Kier alpha value is -2.04. The van der Waals surface area contributed by atoms with Crippen molar-refractivity contribution >= 4 is 11.9 Å². The van der Waals surface area contributed by atoms with Gasteiger partial charge < -0.3 is 15.5 Å². The van der Waals surface area contributed by atoms with Crippen LogP contribution < -0.4 is 10.6 Å². The van der Waals surface area contributed by atoms with Gasteiger partial charge in [0.25, 0.3) is 0 Å². The fraction of sp³-hybridized carbons (Fsp3) is 0.636. The number of aryl methyl sites for hydroxylation is 1. The third kappa shape index (κ3) is 5.72. The minimum absolute atomic E-state index is 0.278. The quantitative estimate of drug-likeness (QED) is 0.598. The summed E-state index contributed by atoms with van der Waals surface area (Å²) in [7, 11) is 0. The summed E-state index contributed by atoms with van der Waals surface area (Å²) in [4.78, 5) is 19.4. The fourth-order valence-electron chi connectivity index (χ4n) is 4.19. The van der Waals surface area contributed by atoms with E-state index in [2.05, 4.69) is 53.6 Å². The molecule has 2 fully saturated rings. The van der Waals surface area contributed by atoms with Gasteiger partial charge in [0.2, 0.25) is 5.91 Å². The summed E-state index contributed by atoms with van der Waals surface area (Å²) in [6.45, 7) is 7.48. The smallest absolute Gasteiger partial charge is 0.225 e. The maximum atomic E-state index is 12.6. The Balaban J connectivity index is 1.49. The summed E-state index contributed by atoms with van der Waals surface area (Å²) >= 11 is 0. The lowest BCUT2D eigenvalue weighted by atomic mass is 10.1. The first-order chi connectivity index (χ1) is 13.2. The fourth-order valence-corrected chi connectivity index (χ4v) is 4.19. The van der Waals surface area contributed by atoms with Crippen molar-refractivity contribution in [2.24, 2.45) is 10.9 Å². The number of nitrogens with zero attached hydrogens (tertiary/aromatic N) is 2. The zero-order valence-electron chi connectivity index (χ0n) is 16.8. The van der Waals surface area contributed by atoms with Crippen LogP contribution in [0.25, 0.3) is 0 Å². The summed E-state index contributed by atoms with van der Waals surface area (Å²) in [5, 5.41) is 6.88. The molecule has 0 radical (unpaired) electrons. The van der Waals surface area contributed by atoms with Crippen molar-refractivity contribution in [3.63, 3.8) is 0 Å². The standard InChI is InChI=1S/C22H34N4O/c1-3-23-22(24-13-11-18-8-6-7-17(2)15-18)25-20-12-14-26(16-20)21(27)19-9-4-5-10-19/h6-8,15,19-20H,3-5,9-14,16H2,1-2H3,(H2,23,24,25). The number of aliphatic imine (C=N–C) groups is 1. The molecule has 1 aromatic carbocycles. The van der Waals surface area contributed by atoms with Gasteiger partial charge in [-0.2, -0.15) is 0 Å². The highest BCUT2D eigenvalue weighted by Gasteiger charge is 2.32. The van der Waals surface area contributed by atoms with Gasteiger partial charge in [-0.3, -0.25) is 9.79 Å². The van der Waals surface area contributed by atoms with Crippen molar-refractivity contribution in [1.29, 1.82) is 0 Å². The minimum Gasteiger partial charge on any atom is -0.357 e. The van der Waals surface area contributed by atoms with Gasteiger partial charge in [-0.1, -0.05) is 42.7 Å². The van der Waals surface area contributed by atoms with Crippen LogP contribution in [0.1, 0.15) is 50.2 Å². The van der Waals surface area contributed by atoms with Gasteiger partial charge in [0.1, 0.15) is 0 Å². The van der Waals surface area contributed by atoms with Gasteiger partial charge in [0.05, 0.1) is 0 Å². The first-order valence-electron chi connectivity index (χ1n) is 10.5. The van der Waals surface area contributed by atoms with Crippen LogP contribution in [-0.4, -0.2) is 49.0 Å². The van der Waals surface area contributed by atoms with Crippen LogP contribution in [0, 0.1) is 12.8 Å². The normalized spacial score (nSPS) is 20.9. The predicted molar refractivity (Wildman–Crippen MR) is 111 cm³/mol. The van der Waals surface area contributed by atoms with Crippen molar-refractivity contribution in [3.8, 4) is 0 Å². The van der Waals surface area contributed by atoms with Crippen LogP contribution in [0.4, 0.5) is 0 Å². The molecule has 5 heteroatoms. The summed E-state index contributed by atoms with van der Waals surface area (Å²) in [6, 6.07) is 8.90. The van der Waals surface area contributed by atoms with E-state index in [9.17, 15) is 4.79 Å². The van der Waals surface area contributed by atoms with Crippen LogP contribution in [0.3, 0.4) is 0 Å². The number of hydrogen-bond donors (Lipinski definition) is 2. The maximum absolute atomic E-state index is 12.6. The molecule has 1 aliphatic heterocycles. The second-order valence-electron chi connectivity index (χ2n) is 7.90. The third-order valence-corrected chi connectivity index (χ3v) is 5.64. The zero-order valence-corrected chi connectivity index (χ0v) is 16.8.